The van der Waals surface area contributed by atoms with Crippen LogP contribution >= 0.6 is 0 Å². The third kappa shape index (κ3) is 5.68. The van der Waals surface area contributed by atoms with E-state index in [9.17, 15) is 9.59 Å². The smallest absolute Gasteiger partial charge is 0.246 e. The standard InChI is InChI=1S/C23H33N3O2/c1-19-7-8-21(20(2)17-19)9-10-22(27)26-15-13-24(14-16-26)18-23(28)25-11-5-3-4-6-12-25/h7-10,17H,3-6,11-16,18H2,1-2H3/b10-9+. The Labute approximate surface area is 169 Å². The molecule has 3 rings (SSSR count). The fourth-order valence-electron chi connectivity index (χ4n) is 4.02. The first-order valence-electron chi connectivity index (χ1n) is 10.6. The Morgan fingerprint density at radius 2 is 1.57 bits per heavy atom. The van der Waals surface area contributed by atoms with Crippen LogP contribution in [0.4, 0.5) is 0 Å². The van der Waals surface area contributed by atoms with Crippen LogP contribution < -0.4 is 0 Å². The van der Waals surface area contributed by atoms with Gasteiger partial charge in [0.1, 0.15) is 0 Å². The van der Waals surface area contributed by atoms with Crippen LogP contribution in [0.1, 0.15) is 42.4 Å². The first-order chi connectivity index (χ1) is 13.5. The highest BCUT2D eigenvalue weighted by Crippen LogP contribution is 2.13. The summed E-state index contributed by atoms with van der Waals surface area (Å²) in [7, 11) is 0. The largest absolute Gasteiger partial charge is 0.342 e. The number of amides is 2. The maximum absolute atomic E-state index is 12.5. The van der Waals surface area contributed by atoms with Crippen LogP contribution in [0.2, 0.25) is 0 Å². The molecule has 2 saturated heterocycles. The average molecular weight is 384 g/mol. The predicted octanol–water partition coefficient (Wildman–Crippen LogP) is 2.86. The first-order valence-corrected chi connectivity index (χ1v) is 10.6. The number of hydrogen-bond donors (Lipinski definition) is 0. The third-order valence-electron chi connectivity index (χ3n) is 5.83. The van der Waals surface area contributed by atoms with Gasteiger partial charge in [0.15, 0.2) is 0 Å². The Kier molecular flexibility index (Phi) is 7.26. The number of aryl methyl sites for hydroxylation is 2. The molecule has 0 bridgehead atoms. The molecule has 5 nitrogen and oxygen atoms in total. The van der Waals surface area contributed by atoms with E-state index in [-0.39, 0.29) is 11.8 Å². The minimum Gasteiger partial charge on any atom is -0.342 e. The Bertz CT molecular complexity index is 713. The molecule has 1 aromatic rings. The first kappa shape index (κ1) is 20.6. The van der Waals surface area contributed by atoms with E-state index in [0.717, 1.165) is 44.6 Å². The van der Waals surface area contributed by atoms with Gasteiger partial charge in [0, 0.05) is 45.3 Å². The van der Waals surface area contributed by atoms with Gasteiger partial charge in [-0.25, -0.2) is 0 Å². The zero-order valence-corrected chi connectivity index (χ0v) is 17.3. The number of likely N-dealkylation sites (tertiary alicyclic amines) is 1. The number of carbonyl (C=O) groups is 2. The normalized spacial score (nSPS) is 19.1. The average Bonchev–Trinajstić information content (AvgIpc) is 2.97. The van der Waals surface area contributed by atoms with Crippen molar-refractivity contribution in [2.75, 3.05) is 45.8 Å². The van der Waals surface area contributed by atoms with Gasteiger partial charge in [0.25, 0.3) is 0 Å². The fraction of sp³-hybridized carbons (Fsp3) is 0.565. The van der Waals surface area contributed by atoms with Gasteiger partial charge in [0.05, 0.1) is 6.54 Å². The molecule has 2 aliphatic heterocycles. The third-order valence-corrected chi connectivity index (χ3v) is 5.83. The number of hydrogen-bond acceptors (Lipinski definition) is 3. The molecule has 28 heavy (non-hydrogen) atoms. The van der Waals surface area contributed by atoms with Gasteiger partial charge in [-0.2, -0.15) is 0 Å². The molecule has 1 aromatic carbocycles. The molecule has 0 saturated carbocycles. The summed E-state index contributed by atoms with van der Waals surface area (Å²) >= 11 is 0. The van der Waals surface area contributed by atoms with Crippen molar-refractivity contribution in [1.29, 1.82) is 0 Å². The number of benzene rings is 1. The molecule has 2 fully saturated rings. The predicted molar refractivity (Wildman–Crippen MR) is 113 cm³/mol. The van der Waals surface area contributed by atoms with Gasteiger partial charge in [-0.05, 0) is 43.9 Å². The van der Waals surface area contributed by atoms with Gasteiger partial charge < -0.3 is 9.80 Å². The van der Waals surface area contributed by atoms with E-state index in [1.807, 2.05) is 15.9 Å². The second-order valence-electron chi connectivity index (χ2n) is 8.09. The van der Waals surface area contributed by atoms with Crippen molar-refractivity contribution >= 4 is 17.9 Å². The molecule has 152 valence electrons. The van der Waals surface area contributed by atoms with Crippen LogP contribution in [0.3, 0.4) is 0 Å². The summed E-state index contributed by atoms with van der Waals surface area (Å²) in [5, 5.41) is 0. The quantitative estimate of drug-likeness (QED) is 0.751. The summed E-state index contributed by atoms with van der Waals surface area (Å²) < 4.78 is 0. The Hall–Kier alpha value is -2.14. The summed E-state index contributed by atoms with van der Waals surface area (Å²) in [5.41, 5.74) is 3.49. The van der Waals surface area contributed by atoms with Crippen molar-refractivity contribution < 1.29 is 9.59 Å². The van der Waals surface area contributed by atoms with E-state index in [0.29, 0.717) is 19.6 Å². The fourth-order valence-corrected chi connectivity index (χ4v) is 4.02. The molecular formula is C23H33N3O2. The SMILES string of the molecule is Cc1ccc(/C=C/C(=O)N2CCN(CC(=O)N3CCCCCC3)CC2)c(C)c1. The lowest BCUT2D eigenvalue weighted by molar-refractivity contribution is -0.133. The molecular weight excluding hydrogens is 350 g/mol. The van der Waals surface area contributed by atoms with Crippen molar-refractivity contribution in [3.05, 3.63) is 41.0 Å². The molecule has 0 aromatic heterocycles. The summed E-state index contributed by atoms with van der Waals surface area (Å²) in [6.45, 7) is 9.33. The Morgan fingerprint density at radius 3 is 2.21 bits per heavy atom. The van der Waals surface area contributed by atoms with Crippen LogP contribution in [0.25, 0.3) is 6.08 Å². The molecule has 2 aliphatic rings. The highest BCUT2D eigenvalue weighted by atomic mass is 16.2. The minimum absolute atomic E-state index is 0.0541. The summed E-state index contributed by atoms with van der Waals surface area (Å²) in [6.07, 6.45) is 8.31. The highest BCUT2D eigenvalue weighted by Gasteiger charge is 2.23. The van der Waals surface area contributed by atoms with Gasteiger partial charge >= 0.3 is 0 Å². The van der Waals surface area contributed by atoms with E-state index < -0.39 is 0 Å². The van der Waals surface area contributed by atoms with Crippen LogP contribution in [0.5, 0.6) is 0 Å². The van der Waals surface area contributed by atoms with E-state index in [1.54, 1.807) is 6.08 Å². The van der Waals surface area contributed by atoms with Gasteiger partial charge in [0.2, 0.25) is 11.8 Å². The molecule has 0 aliphatic carbocycles. The molecule has 2 amide bonds. The Balaban J connectivity index is 1.45. The van der Waals surface area contributed by atoms with Crippen LogP contribution in [0.15, 0.2) is 24.3 Å². The molecule has 5 heteroatoms. The van der Waals surface area contributed by atoms with E-state index in [2.05, 4.69) is 36.9 Å². The lowest BCUT2D eigenvalue weighted by Gasteiger charge is -2.35. The number of piperazine rings is 1. The molecule has 2 heterocycles. The molecule has 0 spiro atoms. The van der Waals surface area contributed by atoms with Crippen LogP contribution in [-0.4, -0.2) is 72.3 Å². The molecule has 0 unspecified atom stereocenters. The number of rotatable bonds is 4. The monoisotopic (exact) mass is 383 g/mol. The number of carbonyl (C=O) groups excluding carboxylic acids is 2. The van der Waals surface area contributed by atoms with E-state index >= 15 is 0 Å². The number of nitrogens with zero attached hydrogens (tertiary/aromatic N) is 3. The van der Waals surface area contributed by atoms with Crippen molar-refractivity contribution in [2.24, 2.45) is 0 Å². The molecule has 0 N–H and O–H groups in total. The lowest BCUT2D eigenvalue weighted by Crippen LogP contribution is -2.51. The zero-order valence-electron chi connectivity index (χ0n) is 17.3. The van der Waals surface area contributed by atoms with Crippen molar-refractivity contribution in [3.63, 3.8) is 0 Å². The van der Waals surface area contributed by atoms with Crippen molar-refractivity contribution in [1.82, 2.24) is 14.7 Å². The summed E-state index contributed by atoms with van der Waals surface area (Å²) in [6, 6.07) is 6.25. The van der Waals surface area contributed by atoms with Gasteiger partial charge in [-0.1, -0.05) is 36.6 Å². The summed E-state index contributed by atoms with van der Waals surface area (Å²) in [4.78, 5) is 31.1. The maximum atomic E-state index is 12.5. The zero-order chi connectivity index (χ0) is 19.9. The van der Waals surface area contributed by atoms with Crippen molar-refractivity contribution in [2.45, 2.75) is 39.5 Å². The van der Waals surface area contributed by atoms with Crippen LogP contribution in [-0.2, 0) is 9.59 Å². The van der Waals surface area contributed by atoms with E-state index in [1.165, 1.54) is 24.0 Å². The van der Waals surface area contributed by atoms with Crippen LogP contribution in [0, 0.1) is 13.8 Å². The van der Waals surface area contributed by atoms with Crippen molar-refractivity contribution in [3.8, 4) is 0 Å². The molecule has 0 radical (unpaired) electrons. The van der Waals surface area contributed by atoms with Gasteiger partial charge in [-0.3, -0.25) is 14.5 Å². The minimum atomic E-state index is 0.0541. The van der Waals surface area contributed by atoms with E-state index in [4.69, 9.17) is 0 Å². The molecule has 0 atom stereocenters. The maximum Gasteiger partial charge on any atom is 0.246 e. The van der Waals surface area contributed by atoms with Gasteiger partial charge in [-0.15, -0.1) is 0 Å². The lowest BCUT2D eigenvalue weighted by atomic mass is 10.1. The Morgan fingerprint density at radius 1 is 0.893 bits per heavy atom. The topological polar surface area (TPSA) is 43.9 Å². The summed E-state index contributed by atoms with van der Waals surface area (Å²) in [5.74, 6) is 0.301. The highest BCUT2D eigenvalue weighted by molar-refractivity contribution is 5.92. The second-order valence-corrected chi connectivity index (χ2v) is 8.09. The second kappa shape index (κ2) is 9.87.